The lowest BCUT2D eigenvalue weighted by Gasteiger charge is -2.48. The van der Waals surface area contributed by atoms with Crippen molar-refractivity contribution in [2.75, 3.05) is 6.61 Å². The van der Waals surface area contributed by atoms with Crippen LogP contribution < -0.4 is 0 Å². The highest BCUT2D eigenvalue weighted by atomic mass is 79.9. The molecule has 0 saturated carbocycles. The van der Waals surface area contributed by atoms with Crippen molar-refractivity contribution in [3.05, 3.63) is 0 Å². The summed E-state index contributed by atoms with van der Waals surface area (Å²) < 4.78 is 30.5. The molecular weight excluding hydrogens is 428 g/mol. The van der Waals surface area contributed by atoms with Crippen LogP contribution in [-0.4, -0.2) is 58.3 Å². The van der Waals surface area contributed by atoms with Crippen molar-refractivity contribution in [1.82, 2.24) is 0 Å². The number of hydrogen-bond donors (Lipinski definition) is 0. The second-order valence-electron chi connectivity index (χ2n) is 10.1. The molecule has 0 aromatic rings. The summed E-state index contributed by atoms with van der Waals surface area (Å²) >= 11 is 3.81. The lowest BCUT2D eigenvalue weighted by Crippen LogP contribution is -2.57. The van der Waals surface area contributed by atoms with Gasteiger partial charge in [-0.05, 0) is 73.1 Å². The molecule has 4 rings (SSSR count). The number of carbonyl (C=O) groups excluding carboxylic acids is 1. The second kappa shape index (κ2) is 6.82. The molecule has 0 spiro atoms. The fourth-order valence-electron chi connectivity index (χ4n) is 5.24. The third kappa shape index (κ3) is 3.50. The predicted molar refractivity (Wildman–Crippen MR) is 107 cm³/mol. The minimum absolute atomic E-state index is 0.000962. The van der Waals surface area contributed by atoms with Crippen molar-refractivity contribution in [3.8, 4) is 0 Å². The Morgan fingerprint density at radius 2 is 1.32 bits per heavy atom. The van der Waals surface area contributed by atoms with Crippen molar-refractivity contribution in [3.63, 3.8) is 0 Å². The van der Waals surface area contributed by atoms with E-state index in [0.29, 0.717) is 4.83 Å². The summed E-state index contributed by atoms with van der Waals surface area (Å²) in [6.45, 7) is 10.8. The zero-order valence-corrected chi connectivity index (χ0v) is 19.2. The van der Waals surface area contributed by atoms with Crippen LogP contribution in [0.4, 0.5) is 4.79 Å². The molecule has 4 saturated heterocycles. The molecule has 28 heavy (non-hydrogen) atoms. The first-order valence-electron chi connectivity index (χ1n) is 10.5. The topological polar surface area (TPSA) is 63.2 Å². The van der Waals surface area contributed by atoms with E-state index in [4.69, 9.17) is 23.7 Å². The Hall–Kier alpha value is -0.370. The molecule has 0 aromatic carbocycles. The van der Waals surface area contributed by atoms with E-state index in [0.717, 1.165) is 38.5 Å². The highest BCUT2D eigenvalue weighted by molar-refractivity contribution is 9.09. The maximum atomic E-state index is 11.5. The lowest BCUT2D eigenvalue weighted by molar-refractivity contribution is -0.256. The van der Waals surface area contributed by atoms with Gasteiger partial charge in [0.15, 0.2) is 5.60 Å². The highest BCUT2D eigenvalue weighted by Crippen LogP contribution is 2.49. The Morgan fingerprint density at radius 3 is 1.89 bits per heavy atom. The minimum atomic E-state index is -0.729. The highest BCUT2D eigenvalue weighted by Gasteiger charge is 2.57. The van der Waals surface area contributed by atoms with Gasteiger partial charge in [-0.25, -0.2) is 4.79 Å². The number of halogens is 1. The Labute approximate surface area is 176 Å². The zero-order valence-electron chi connectivity index (χ0n) is 17.6. The quantitative estimate of drug-likeness (QED) is 0.423. The molecule has 0 bridgehead atoms. The van der Waals surface area contributed by atoms with Crippen molar-refractivity contribution < 1.29 is 28.5 Å². The number of ether oxygens (including phenoxy) is 5. The molecule has 4 aliphatic rings. The summed E-state index contributed by atoms with van der Waals surface area (Å²) in [5, 5.41) is 0. The molecule has 0 aliphatic carbocycles. The maximum Gasteiger partial charge on any atom is 0.509 e. The normalized spacial score (nSPS) is 51.1. The average Bonchev–Trinajstić information content (AvgIpc) is 2.89. The SMILES string of the molecule is CC1(C)O[C@@H]2CC[C@@]3(C)O[C@H]([C@]4(C)COC(=O)O4)CC[C@@H]3O[C@@]2(C)CC[C@@H]1Br. The zero-order chi connectivity index (χ0) is 20.4. The van der Waals surface area contributed by atoms with E-state index in [1.165, 1.54) is 0 Å². The summed E-state index contributed by atoms with van der Waals surface area (Å²) in [5.74, 6) is 0. The number of fused-ring (bicyclic) bond motifs is 2. The van der Waals surface area contributed by atoms with Gasteiger partial charge in [0.05, 0.1) is 29.0 Å². The molecule has 0 N–H and O–H groups in total. The summed E-state index contributed by atoms with van der Waals surface area (Å²) in [7, 11) is 0. The van der Waals surface area contributed by atoms with Crippen LogP contribution in [0.15, 0.2) is 0 Å². The van der Waals surface area contributed by atoms with Crippen LogP contribution in [0.25, 0.3) is 0 Å². The molecular formula is C21H33BrO6. The van der Waals surface area contributed by atoms with Crippen LogP contribution in [0.5, 0.6) is 0 Å². The van der Waals surface area contributed by atoms with Crippen LogP contribution in [-0.2, 0) is 23.7 Å². The largest absolute Gasteiger partial charge is 0.509 e. The Kier molecular flexibility index (Phi) is 5.09. The molecule has 6 nitrogen and oxygen atoms in total. The molecule has 4 aliphatic heterocycles. The van der Waals surface area contributed by atoms with E-state index < -0.39 is 17.4 Å². The van der Waals surface area contributed by atoms with Gasteiger partial charge in [0.2, 0.25) is 0 Å². The second-order valence-corrected chi connectivity index (χ2v) is 11.2. The number of hydrogen-bond acceptors (Lipinski definition) is 6. The smallest absolute Gasteiger partial charge is 0.430 e. The van der Waals surface area contributed by atoms with Gasteiger partial charge in [0.1, 0.15) is 12.7 Å². The third-order valence-electron chi connectivity index (χ3n) is 7.35. The summed E-state index contributed by atoms with van der Waals surface area (Å²) in [6, 6.07) is 0. The lowest BCUT2D eigenvalue weighted by atomic mass is 9.82. The van der Waals surface area contributed by atoms with E-state index in [1.54, 1.807) is 0 Å². The average molecular weight is 461 g/mol. The third-order valence-corrected chi connectivity index (χ3v) is 8.91. The Balaban J connectivity index is 1.55. The van der Waals surface area contributed by atoms with Crippen molar-refractivity contribution in [2.24, 2.45) is 0 Å². The number of cyclic esters (lactones) is 2. The molecule has 4 heterocycles. The van der Waals surface area contributed by atoms with E-state index >= 15 is 0 Å². The van der Waals surface area contributed by atoms with Gasteiger partial charge in [-0.3, -0.25) is 0 Å². The van der Waals surface area contributed by atoms with Gasteiger partial charge in [0.25, 0.3) is 0 Å². The Morgan fingerprint density at radius 1 is 0.786 bits per heavy atom. The number of carbonyl (C=O) groups is 1. The standard InChI is InChI=1S/C21H33BrO6/c1-18(2)13(22)8-10-19(3)16(25-18)9-11-20(4)14(26-19)6-7-15(27-20)21(5)12-24-17(23)28-21/h13-16H,6-12H2,1-5H3/t13-,14-,15-,16+,19-,20+,21-/m0/s1. The molecule has 0 amide bonds. The van der Waals surface area contributed by atoms with E-state index in [2.05, 4.69) is 43.6 Å². The predicted octanol–water partition coefficient (Wildman–Crippen LogP) is 4.51. The summed E-state index contributed by atoms with van der Waals surface area (Å²) in [6.07, 6.45) is 4.58. The van der Waals surface area contributed by atoms with Gasteiger partial charge < -0.3 is 23.7 Å². The van der Waals surface area contributed by atoms with Gasteiger partial charge in [-0.2, -0.15) is 0 Å². The van der Waals surface area contributed by atoms with Crippen molar-refractivity contribution in [2.45, 2.75) is 119 Å². The first-order chi connectivity index (χ1) is 13.0. The van der Waals surface area contributed by atoms with Gasteiger partial charge in [-0.1, -0.05) is 15.9 Å². The first kappa shape index (κ1) is 20.9. The number of alkyl halides is 1. The maximum absolute atomic E-state index is 11.5. The molecule has 4 fully saturated rings. The van der Waals surface area contributed by atoms with Crippen molar-refractivity contribution in [1.29, 1.82) is 0 Å². The van der Waals surface area contributed by atoms with E-state index in [-0.39, 0.29) is 36.1 Å². The summed E-state index contributed by atoms with van der Waals surface area (Å²) in [5.41, 5.74) is -1.73. The molecule has 0 unspecified atom stereocenters. The summed E-state index contributed by atoms with van der Waals surface area (Å²) in [4.78, 5) is 11.8. The first-order valence-corrected chi connectivity index (χ1v) is 11.4. The molecule has 0 radical (unpaired) electrons. The van der Waals surface area contributed by atoms with Crippen LogP contribution >= 0.6 is 15.9 Å². The van der Waals surface area contributed by atoms with Crippen LogP contribution in [0.3, 0.4) is 0 Å². The number of rotatable bonds is 1. The fraction of sp³-hybridized carbons (Fsp3) is 0.952. The minimum Gasteiger partial charge on any atom is -0.430 e. The van der Waals surface area contributed by atoms with Crippen LogP contribution in [0.1, 0.15) is 73.1 Å². The van der Waals surface area contributed by atoms with Crippen molar-refractivity contribution >= 4 is 22.1 Å². The molecule has 7 heteroatoms. The monoisotopic (exact) mass is 460 g/mol. The van der Waals surface area contributed by atoms with Gasteiger partial charge >= 0.3 is 6.16 Å². The van der Waals surface area contributed by atoms with Gasteiger partial charge in [-0.15, -0.1) is 0 Å². The van der Waals surface area contributed by atoms with E-state index in [9.17, 15) is 4.79 Å². The Bertz CT molecular complexity index is 640. The van der Waals surface area contributed by atoms with Crippen LogP contribution in [0.2, 0.25) is 0 Å². The fourth-order valence-corrected chi connectivity index (χ4v) is 5.58. The molecule has 7 atom stereocenters. The van der Waals surface area contributed by atoms with Crippen LogP contribution in [0, 0.1) is 0 Å². The molecule has 0 aromatic heterocycles. The molecule has 160 valence electrons. The van der Waals surface area contributed by atoms with Gasteiger partial charge in [0, 0.05) is 4.83 Å². The van der Waals surface area contributed by atoms with E-state index in [1.807, 2.05) is 6.92 Å².